The van der Waals surface area contributed by atoms with Crippen LogP contribution in [0.1, 0.15) is 18.2 Å². The highest BCUT2D eigenvalue weighted by atomic mass is 16.5. The van der Waals surface area contributed by atoms with Gasteiger partial charge in [-0.1, -0.05) is 29.8 Å². The molecule has 2 aromatic rings. The van der Waals surface area contributed by atoms with Crippen LogP contribution in [0.3, 0.4) is 0 Å². The van der Waals surface area contributed by atoms with Crippen LogP contribution in [0, 0.1) is 6.92 Å². The molecule has 4 heteroatoms. The van der Waals surface area contributed by atoms with Crippen LogP contribution in [0.15, 0.2) is 24.3 Å². The first kappa shape index (κ1) is 13.6. The van der Waals surface area contributed by atoms with E-state index < -0.39 is 0 Å². The number of ether oxygens (including phenoxy) is 1. The number of nitrogens with two attached hydrogens (primary N) is 1. The zero-order valence-corrected chi connectivity index (χ0v) is 11.8. The second-order valence-electron chi connectivity index (χ2n) is 4.64. The fraction of sp³-hybridized carbons (Fsp3) is 0.400. The predicted molar refractivity (Wildman–Crippen MR) is 78.0 cm³/mol. The minimum Gasteiger partial charge on any atom is -0.383 e. The van der Waals surface area contributed by atoms with E-state index in [1.165, 1.54) is 5.56 Å². The van der Waals surface area contributed by atoms with Gasteiger partial charge < -0.3 is 10.5 Å². The van der Waals surface area contributed by atoms with E-state index in [1.807, 2.05) is 14.0 Å². The van der Waals surface area contributed by atoms with Crippen LogP contribution >= 0.6 is 0 Å². The monoisotopic (exact) mass is 259 g/mol. The zero-order valence-electron chi connectivity index (χ0n) is 11.8. The lowest BCUT2D eigenvalue weighted by Crippen LogP contribution is -2.00. The van der Waals surface area contributed by atoms with Crippen LogP contribution in [0.4, 0.5) is 5.82 Å². The lowest BCUT2D eigenvalue weighted by molar-refractivity contribution is 0.150. The number of rotatable bonds is 5. The van der Waals surface area contributed by atoms with Crippen molar-refractivity contribution in [3.05, 3.63) is 35.5 Å². The van der Waals surface area contributed by atoms with Crippen LogP contribution in [0.2, 0.25) is 0 Å². The summed E-state index contributed by atoms with van der Waals surface area (Å²) in [4.78, 5) is 0. The third kappa shape index (κ3) is 2.96. The number of nitrogen functional groups attached to an aromatic ring is 1. The molecule has 0 aliphatic carbocycles. The maximum atomic E-state index is 6.14. The van der Waals surface area contributed by atoms with Gasteiger partial charge in [0, 0.05) is 25.6 Å². The molecule has 0 aliphatic rings. The van der Waals surface area contributed by atoms with Crippen molar-refractivity contribution in [3.63, 3.8) is 0 Å². The molecule has 2 N–H and O–H groups in total. The summed E-state index contributed by atoms with van der Waals surface area (Å²) in [5, 5.41) is 4.49. The average Bonchev–Trinajstić information content (AvgIpc) is 2.67. The molecule has 0 aliphatic heterocycles. The summed E-state index contributed by atoms with van der Waals surface area (Å²) in [5.74, 6) is 0.704. The van der Waals surface area contributed by atoms with E-state index >= 15 is 0 Å². The Balaban J connectivity index is 2.34. The van der Waals surface area contributed by atoms with Crippen molar-refractivity contribution in [3.8, 4) is 11.1 Å². The Morgan fingerprint density at radius 1 is 1.26 bits per heavy atom. The smallest absolute Gasteiger partial charge is 0.129 e. The number of nitrogens with zero attached hydrogens (tertiary/aromatic N) is 2. The number of hydrogen-bond acceptors (Lipinski definition) is 3. The van der Waals surface area contributed by atoms with E-state index in [-0.39, 0.29) is 0 Å². The molecule has 0 unspecified atom stereocenters. The molecule has 0 saturated heterocycles. The molecule has 1 aromatic heterocycles. The molecule has 19 heavy (non-hydrogen) atoms. The first-order valence-electron chi connectivity index (χ1n) is 6.59. The minimum absolute atomic E-state index is 0.672. The van der Waals surface area contributed by atoms with Gasteiger partial charge in [0.05, 0.1) is 12.3 Å². The molecule has 0 radical (unpaired) electrons. The Hall–Kier alpha value is -1.81. The van der Waals surface area contributed by atoms with Gasteiger partial charge in [-0.2, -0.15) is 5.10 Å². The number of aromatic nitrogens is 2. The Kier molecular flexibility index (Phi) is 4.22. The summed E-state index contributed by atoms with van der Waals surface area (Å²) in [5.41, 5.74) is 10.5. The van der Waals surface area contributed by atoms with E-state index in [9.17, 15) is 0 Å². The van der Waals surface area contributed by atoms with Gasteiger partial charge >= 0.3 is 0 Å². The van der Waals surface area contributed by atoms with Crippen LogP contribution < -0.4 is 5.73 Å². The molecule has 4 nitrogen and oxygen atoms in total. The van der Waals surface area contributed by atoms with E-state index in [4.69, 9.17) is 10.5 Å². The van der Waals surface area contributed by atoms with E-state index in [2.05, 4.69) is 36.3 Å². The van der Waals surface area contributed by atoms with Crippen LogP contribution in [-0.2, 0) is 18.2 Å². The maximum Gasteiger partial charge on any atom is 0.129 e. The molecule has 102 valence electrons. The second-order valence-corrected chi connectivity index (χ2v) is 4.64. The SMILES string of the molecule is CCOCCc1nn(C)c(N)c1-c1ccc(C)cc1. The van der Waals surface area contributed by atoms with Gasteiger partial charge in [0.2, 0.25) is 0 Å². The third-order valence-corrected chi connectivity index (χ3v) is 3.19. The molecule has 1 heterocycles. The average molecular weight is 259 g/mol. The molecule has 0 amide bonds. The largest absolute Gasteiger partial charge is 0.383 e. The highest BCUT2D eigenvalue weighted by Gasteiger charge is 2.15. The van der Waals surface area contributed by atoms with Crippen LogP contribution in [0.5, 0.6) is 0 Å². The Bertz CT molecular complexity index is 543. The normalized spacial score (nSPS) is 10.9. The molecule has 0 atom stereocenters. The molecule has 1 aromatic carbocycles. The summed E-state index contributed by atoms with van der Waals surface area (Å²) in [6, 6.07) is 8.36. The fourth-order valence-corrected chi connectivity index (χ4v) is 2.12. The third-order valence-electron chi connectivity index (χ3n) is 3.19. The van der Waals surface area contributed by atoms with Crippen molar-refractivity contribution in [2.75, 3.05) is 18.9 Å². The summed E-state index contributed by atoms with van der Waals surface area (Å²) in [6.07, 6.45) is 0.780. The Labute approximate surface area is 114 Å². The molecule has 0 saturated carbocycles. The summed E-state index contributed by atoms with van der Waals surface area (Å²) in [7, 11) is 1.87. The molecular formula is C15H21N3O. The lowest BCUT2D eigenvalue weighted by atomic mass is 10.0. The second kappa shape index (κ2) is 5.89. The maximum absolute atomic E-state index is 6.14. The quantitative estimate of drug-likeness (QED) is 0.840. The van der Waals surface area contributed by atoms with Crippen molar-refractivity contribution >= 4 is 5.82 Å². The Morgan fingerprint density at radius 2 is 1.95 bits per heavy atom. The van der Waals surface area contributed by atoms with Gasteiger partial charge in [0.1, 0.15) is 5.82 Å². The van der Waals surface area contributed by atoms with Crippen molar-refractivity contribution < 1.29 is 4.74 Å². The van der Waals surface area contributed by atoms with Gasteiger partial charge in [-0.15, -0.1) is 0 Å². The summed E-state index contributed by atoms with van der Waals surface area (Å²) in [6.45, 7) is 5.47. The van der Waals surface area contributed by atoms with E-state index in [0.717, 1.165) is 29.8 Å². The summed E-state index contributed by atoms with van der Waals surface area (Å²) < 4.78 is 7.14. The van der Waals surface area contributed by atoms with Crippen molar-refractivity contribution in [1.82, 2.24) is 9.78 Å². The van der Waals surface area contributed by atoms with Crippen LogP contribution in [-0.4, -0.2) is 23.0 Å². The standard InChI is InChI=1S/C15H21N3O/c1-4-19-10-9-13-14(15(16)18(3)17-13)12-7-5-11(2)6-8-12/h5-8H,4,9-10,16H2,1-3H3. The first-order chi connectivity index (χ1) is 9.13. The molecular weight excluding hydrogens is 238 g/mol. The van der Waals surface area contributed by atoms with Gasteiger partial charge in [0.15, 0.2) is 0 Å². The molecule has 0 bridgehead atoms. The Morgan fingerprint density at radius 3 is 2.58 bits per heavy atom. The van der Waals surface area contributed by atoms with E-state index in [1.54, 1.807) is 4.68 Å². The van der Waals surface area contributed by atoms with E-state index in [0.29, 0.717) is 12.4 Å². The summed E-state index contributed by atoms with van der Waals surface area (Å²) >= 11 is 0. The van der Waals surface area contributed by atoms with Crippen molar-refractivity contribution in [2.24, 2.45) is 7.05 Å². The van der Waals surface area contributed by atoms with Crippen LogP contribution in [0.25, 0.3) is 11.1 Å². The van der Waals surface area contributed by atoms with Crippen molar-refractivity contribution in [1.29, 1.82) is 0 Å². The number of hydrogen-bond donors (Lipinski definition) is 1. The minimum atomic E-state index is 0.672. The van der Waals surface area contributed by atoms with Gasteiger partial charge in [-0.25, -0.2) is 0 Å². The first-order valence-corrected chi connectivity index (χ1v) is 6.59. The number of aryl methyl sites for hydroxylation is 2. The molecule has 0 spiro atoms. The van der Waals surface area contributed by atoms with Gasteiger partial charge in [-0.05, 0) is 19.4 Å². The topological polar surface area (TPSA) is 53.1 Å². The highest BCUT2D eigenvalue weighted by Crippen LogP contribution is 2.29. The van der Waals surface area contributed by atoms with Crippen molar-refractivity contribution in [2.45, 2.75) is 20.3 Å². The predicted octanol–water partition coefficient (Wildman–Crippen LogP) is 2.56. The molecule has 0 fully saturated rings. The molecule has 2 rings (SSSR count). The van der Waals surface area contributed by atoms with Gasteiger partial charge in [-0.3, -0.25) is 4.68 Å². The highest BCUT2D eigenvalue weighted by molar-refractivity contribution is 5.76. The number of anilines is 1. The van der Waals surface area contributed by atoms with Gasteiger partial charge in [0.25, 0.3) is 0 Å². The zero-order chi connectivity index (χ0) is 13.8. The lowest BCUT2D eigenvalue weighted by Gasteiger charge is -2.05. The number of benzene rings is 1. The fourth-order valence-electron chi connectivity index (χ4n) is 2.12.